The van der Waals surface area contributed by atoms with Gasteiger partial charge in [0.15, 0.2) is 22.9 Å². The molecular formula is C21H15N4O2+. The number of rotatable bonds is 1. The van der Waals surface area contributed by atoms with Gasteiger partial charge in [0.25, 0.3) is 0 Å². The topological polar surface area (TPSA) is 60.4 Å². The van der Waals surface area contributed by atoms with E-state index in [1.165, 1.54) is 0 Å². The molecule has 0 bridgehead atoms. The van der Waals surface area contributed by atoms with Crippen molar-refractivity contribution >= 4 is 38.7 Å². The standard InChI is InChI=1S/C21H15N4O2/c1-12-5-6-13-14-4-3-9-22-21(14)27-20(13)17(12)19-18-15(7-10-24(19)2)25-16(23-18)8-11-26-25/h3-11H,1-2H3/q+1. The second kappa shape index (κ2) is 4.94. The number of furan rings is 1. The third-order valence-electron chi connectivity index (χ3n) is 5.18. The number of imidazole rings is 1. The molecule has 6 nitrogen and oxygen atoms in total. The SMILES string of the molecule is Cc1ccc2c(oc3ncccc32)c1-c1c2nc3ccon3c2cc[n+]1C. The van der Waals surface area contributed by atoms with E-state index in [0.717, 1.165) is 49.9 Å². The second-order valence-corrected chi connectivity index (χ2v) is 6.77. The molecule has 5 aromatic heterocycles. The Morgan fingerprint density at radius 1 is 1.07 bits per heavy atom. The van der Waals surface area contributed by atoms with E-state index in [9.17, 15) is 0 Å². The van der Waals surface area contributed by atoms with Crippen molar-refractivity contribution in [2.45, 2.75) is 6.92 Å². The first-order valence-corrected chi connectivity index (χ1v) is 8.74. The van der Waals surface area contributed by atoms with Crippen LogP contribution in [0.4, 0.5) is 0 Å². The molecule has 0 amide bonds. The minimum Gasteiger partial charge on any atom is -0.437 e. The van der Waals surface area contributed by atoms with Crippen molar-refractivity contribution < 1.29 is 13.5 Å². The Hall–Kier alpha value is -3.67. The van der Waals surface area contributed by atoms with Crippen LogP contribution in [-0.2, 0) is 7.05 Å². The van der Waals surface area contributed by atoms with E-state index >= 15 is 0 Å². The minimum atomic E-state index is 0.646. The van der Waals surface area contributed by atoms with E-state index in [4.69, 9.17) is 13.9 Å². The van der Waals surface area contributed by atoms with Crippen LogP contribution >= 0.6 is 0 Å². The third kappa shape index (κ3) is 1.81. The molecular weight excluding hydrogens is 340 g/mol. The van der Waals surface area contributed by atoms with E-state index in [2.05, 4.69) is 28.6 Å². The largest absolute Gasteiger partial charge is 0.437 e. The average Bonchev–Trinajstić information content (AvgIpc) is 3.35. The Bertz CT molecular complexity index is 1500. The van der Waals surface area contributed by atoms with Crippen LogP contribution in [-0.4, -0.2) is 14.5 Å². The number of pyridine rings is 2. The van der Waals surface area contributed by atoms with Gasteiger partial charge in [-0.3, -0.25) is 0 Å². The molecule has 0 aliphatic heterocycles. The van der Waals surface area contributed by atoms with Crippen LogP contribution in [0.2, 0.25) is 0 Å². The minimum absolute atomic E-state index is 0.646. The Labute approximate surface area is 153 Å². The quantitative estimate of drug-likeness (QED) is 0.415. The Morgan fingerprint density at radius 3 is 2.93 bits per heavy atom. The van der Waals surface area contributed by atoms with E-state index in [1.807, 2.05) is 37.5 Å². The van der Waals surface area contributed by atoms with Crippen molar-refractivity contribution in [2.75, 3.05) is 0 Å². The van der Waals surface area contributed by atoms with Gasteiger partial charge in [0.1, 0.15) is 18.8 Å². The molecule has 0 radical (unpaired) electrons. The zero-order valence-corrected chi connectivity index (χ0v) is 14.8. The molecule has 0 aliphatic rings. The molecule has 0 aliphatic carbocycles. The van der Waals surface area contributed by atoms with Crippen LogP contribution < -0.4 is 4.57 Å². The van der Waals surface area contributed by atoms with Gasteiger partial charge in [0, 0.05) is 29.1 Å². The van der Waals surface area contributed by atoms with E-state index in [0.29, 0.717) is 5.71 Å². The number of fused-ring (bicyclic) bond motifs is 6. The molecule has 6 aromatic rings. The number of aryl methyl sites for hydroxylation is 2. The highest BCUT2D eigenvalue weighted by molar-refractivity contribution is 6.10. The molecule has 1 aromatic carbocycles. The van der Waals surface area contributed by atoms with E-state index < -0.39 is 0 Å². The van der Waals surface area contributed by atoms with Gasteiger partial charge in [0.05, 0.1) is 5.56 Å². The van der Waals surface area contributed by atoms with Gasteiger partial charge in [-0.2, -0.15) is 9.14 Å². The number of nitrogens with zero attached hydrogens (tertiary/aromatic N) is 4. The molecule has 5 heterocycles. The highest BCUT2D eigenvalue weighted by Crippen LogP contribution is 2.38. The van der Waals surface area contributed by atoms with Crippen molar-refractivity contribution in [1.29, 1.82) is 0 Å². The molecule has 0 saturated carbocycles. The zero-order chi connectivity index (χ0) is 18.1. The summed E-state index contributed by atoms with van der Waals surface area (Å²) in [6.07, 6.45) is 5.42. The van der Waals surface area contributed by atoms with Gasteiger partial charge in [-0.1, -0.05) is 12.1 Å². The molecule has 0 spiro atoms. The highest BCUT2D eigenvalue weighted by Gasteiger charge is 2.26. The normalized spacial score (nSPS) is 12.1. The van der Waals surface area contributed by atoms with Crippen molar-refractivity contribution in [1.82, 2.24) is 14.5 Å². The van der Waals surface area contributed by atoms with Crippen LogP contribution in [0.15, 0.2) is 64.0 Å². The van der Waals surface area contributed by atoms with Gasteiger partial charge in [0.2, 0.25) is 11.4 Å². The lowest BCUT2D eigenvalue weighted by Crippen LogP contribution is -2.30. The first-order chi connectivity index (χ1) is 13.2. The predicted molar refractivity (Wildman–Crippen MR) is 101 cm³/mol. The molecule has 6 rings (SSSR count). The van der Waals surface area contributed by atoms with Gasteiger partial charge < -0.3 is 8.94 Å². The van der Waals surface area contributed by atoms with Crippen molar-refractivity contribution in [3.05, 3.63) is 60.6 Å². The van der Waals surface area contributed by atoms with Gasteiger partial charge >= 0.3 is 0 Å². The molecule has 27 heavy (non-hydrogen) atoms. The lowest BCUT2D eigenvalue weighted by atomic mass is 10.00. The summed E-state index contributed by atoms with van der Waals surface area (Å²) >= 11 is 0. The van der Waals surface area contributed by atoms with Crippen LogP contribution in [0, 0.1) is 6.92 Å². The molecule has 0 unspecified atom stereocenters. The summed E-state index contributed by atoms with van der Waals surface area (Å²) in [4.78, 5) is 9.19. The Kier molecular flexibility index (Phi) is 2.65. The summed E-state index contributed by atoms with van der Waals surface area (Å²) in [6.45, 7) is 2.09. The van der Waals surface area contributed by atoms with Crippen LogP contribution in [0.3, 0.4) is 0 Å². The fraction of sp³-hybridized carbons (Fsp3) is 0.0952. The summed E-state index contributed by atoms with van der Waals surface area (Å²) in [6, 6.07) is 12.1. The first-order valence-electron chi connectivity index (χ1n) is 8.74. The third-order valence-corrected chi connectivity index (χ3v) is 5.18. The Balaban J connectivity index is 1.82. The average molecular weight is 355 g/mol. The summed E-state index contributed by atoms with van der Waals surface area (Å²) in [5.74, 6) is 0. The fourth-order valence-corrected chi connectivity index (χ4v) is 3.91. The molecule has 0 saturated heterocycles. The van der Waals surface area contributed by atoms with Crippen LogP contribution in [0.1, 0.15) is 5.56 Å². The van der Waals surface area contributed by atoms with Gasteiger partial charge in [-0.25, -0.2) is 9.97 Å². The Morgan fingerprint density at radius 2 is 2.00 bits per heavy atom. The van der Waals surface area contributed by atoms with Gasteiger partial charge in [-0.15, -0.1) is 0 Å². The van der Waals surface area contributed by atoms with Gasteiger partial charge in [-0.05, 0) is 24.6 Å². The van der Waals surface area contributed by atoms with Crippen LogP contribution in [0.25, 0.3) is 50.0 Å². The summed E-state index contributed by atoms with van der Waals surface area (Å²) < 4.78 is 15.6. The monoisotopic (exact) mass is 355 g/mol. The molecule has 0 N–H and O–H groups in total. The summed E-state index contributed by atoms with van der Waals surface area (Å²) in [7, 11) is 2.02. The van der Waals surface area contributed by atoms with E-state index in [1.54, 1.807) is 17.0 Å². The van der Waals surface area contributed by atoms with E-state index in [-0.39, 0.29) is 0 Å². The summed E-state index contributed by atoms with van der Waals surface area (Å²) in [5, 5.41) is 2.07. The molecule has 0 fully saturated rings. The highest BCUT2D eigenvalue weighted by atomic mass is 16.5. The first kappa shape index (κ1) is 14.5. The maximum absolute atomic E-state index is 6.20. The fourth-order valence-electron chi connectivity index (χ4n) is 3.91. The number of hydrogen-bond donors (Lipinski definition) is 0. The molecule has 6 heteroatoms. The van der Waals surface area contributed by atoms with Crippen LogP contribution in [0.5, 0.6) is 0 Å². The number of benzene rings is 1. The van der Waals surface area contributed by atoms with Crippen molar-refractivity contribution in [3.8, 4) is 11.3 Å². The molecule has 0 atom stereocenters. The maximum atomic E-state index is 6.20. The zero-order valence-electron chi connectivity index (χ0n) is 14.8. The maximum Gasteiger partial charge on any atom is 0.244 e. The second-order valence-electron chi connectivity index (χ2n) is 6.77. The number of aromatic nitrogens is 4. The smallest absolute Gasteiger partial charge is 0.244 e. The summed E-state index contributed by atoms with van der Waals surface area (Å²) in [5.41, 5.74) is 7.21. The van der Waals surface area contributed by atoms with Crippen molar-refractivity contribution in [2.24, 2.45) is 7.05 Å². The lowest BCUT2D eigenvalue weighted by molar-refractivity contribution is -0.659. The predicted octanol–water partition coefficient (Wildman–Crippen LogP) is 4.17. The number of hydrogen-bond acceptors (Lipinski definition) is 4. The molecule has 130 valence electrons. The lowest BCUT2D eigenvalue weighted by Gasteiger charge is -2.06. The van der Waals surface area contributed by atoms with Crippen molar-refractivity contribution in [3.63, 3.8) is 0 Å².